The number of nitrogens with zero attached hydrogens (tertiary/aromatic N) is 6. The third kappa shape index (κ3) is 11.1. The van der Waals surface area contributed by atoms with Crippen molar-refractivity contribution in [3.05, 3.63) is 48.1 Å². The molecule has 9 atom stereocenters. The lowest BCUT2D eigenvalue weighted by atomic mass is 10.1. The summed E-state index contributed by atoms with van der Waals surface area (Å²) in [7, 11) is -7.66. The molecule has 0 radical (unpaired) electrons. The van der Waals surface area contributed by atoms with Crippen molar-refractivity contribution >= 4 is 71.9 Å². The Kier molecular flexibility index (Phi) is 14.7. The van der Waals surface area contributed by atoms with E-state index in [1.165, 1.54) is 50.8 Å². The van der Waals surface area contributed by atoms with E-state index in [0.717, 1.165) is 10.9 Å². The summed E-state index contributed by atoms with van der Waals surface area (Å²) in [6.45, 7) is 1.88. The number of aromatic nitrogens is 6. The number of nitrogens with two attached hydrogens (primary N) is 2. The Morgan fingerprint density at radius 3 is 2.59 bits per heavy atom. The fourth-order valence-electron chi connectivity index (χ4n) is 5.62. The van der Waals surface area contributed by atoms with E-state index in [4.69, 9.17) is 34.7 Å². The van der Waals surface area contributed by atoms with Gasteiger partial charge >= 0.3 is 27.3 Å². The number of carbonyl (C=O) groups excluding carboxylic acids is 2. The molecule has 3 aromatic rings. The van der Waals surface area contributed by atoms with Crippen LogP contribution in [0.2, 0.25) is 0 Å². The minimum Gasteiger partial charge on any atom is -0.455 e. The van der Waals surface area contributed by atoms with Crippen LogP contribution in [0, 0.1) is 0 Å². The molecule has 0 aliphatic carbocycles. The van der Waals surface area contributed by atoms with Gasteiger partial charge in [-0.15, -0.1) is 6.58 Å². The minimum absolute atomic E-state index is 0.0176. The number of aliphatic hydroxyl groups is 1. The molecular weight excluding hydrogens is 828 g/mol. The van der Waals surface area contributed by atoms with Crippen LogP contribution in [-0.4, -0.2) is 123 Å². The van der Waals surface area contributed by atoms with E-state index in [0.29, 0.717) is 6.42 Å². The number of anilines is 2. The van der Waals surface area contributed by atoms with Crippen LogP contribution in [0.1, 0.15) is 31.7 Å². The number of carbonyl (C=O) groups is 2. The molecule has 308 valence electrons. The van der Waals surface area contributed by atoms with E-state index >= 15 is 0 Å². The molecule has 0 bridgehead atoms. The standard InChI is InChI=1S/C28H39N9O15P2S2/c1-3-4-5-19(38)34-14(11-56-55-2)27(40)51-23-17(50-26(22(23)39)37-13-33-21-24(30)31-12-32-25(21)37)10-48-54(45,46)52-15-8-20(36-7-6-18(29)35-28(36)41)49-16(15)9-47-53(42,43)44/h3,6-7,12-17,20,22-23,26,39H,1,4-5,8-11H2,2H3,(H,34,38)(H,45,46)(H2,29,35,41)(H2,30,31,32)(H2,42,43,44)/t14?,15-,16+,17+,20+,22+,23+,26+/m0/s1. The molecular formula is C28H39N9O15P2S2. The van der Waals surface area contributed by atoms with Gasteiger partial charge in [-0.2, -0.15) is 4.98 Å². The van der Waals surface area contributed by atoms with Crippen molar-refractivity contribution in [2.45, 2.75) is 68.3 Å². The molecule has 5 heterocycles. The van der Waals surface area contributed by atoms with Crippen LogP contribution in [-0.2, 0) is 46.5 Å². The van der Waals surface area contributed by atoms with Crippen LogP contribution in [0.4, 0.5) is 11.6 Å². The first-order valence-electron chi connectivity index (χ1n) is 16.4. The van der Waals surface area contributed by atoms with E-state index in [-0.39, 0.29) is 41.4 Å². The summed E-state index contributed by atoms with van der Waals surface area (Å²) in [5.41, 5.74) is 10.9. The van der Waals surface area contributed by atoms with E-state index in [1.54, 1.807) is 6.26 Å². The van der Waals surface area contributed by atoms with Crippen molar-refractivity contribution in [3.8, 4) is 0 Å². The van der Waals surface area contributed by atoms with Gasteiger partial charge in [-0.3, -0.25) is 27.5 Å². The average molecular weight is 868 g/mol. The topological polar surface area (TPSA) is 347 Å². The lowest BCUT2D eigenvalue weighted by molar-refractivity contribution is -0.159. The third-order valence-electron chi connectivity index (χ3n) is 8.19. The first kappa shape index (κ1) is 43.6. The zero-order valence-electron chi connectivity index (χ0n) is 29.3. The predicted molar refractivity (Wildman–Crippen MR) is 197 cm³/mol. The molecule has 9 N–H and O–H groups in total. The third-order valence-corrected chi connectivity index (χ3v) is 11.5. The van der Waals surface area contributed by atoms with Crippen LogP contribution in [0.15, 0.2) is 42.4 Å². The highest BCUT2D eigenvalue weighted by Gasteiger charge is 2.50. The summed E-state index contributed by atoms with van der Waals surface area (Å²) < 4.78 is 59.7. The Labute approximate surface area is 324 Å². The van der Waals surface area contributed by atoms with Gasteiger partial charge in [0.1, 0.15) is 54.3 Å². The molecule has 0 saturated carbocycles. The number of phosphoric acid groups is 2. The van der Waals surface area contributed by atoms with Gasteiger partial charge in [-0.25, -0.2) is 33.7 Å². The number of allylic oxidation sites excluding steroid dienone is 1. The Hall–Kier alpha value is -3.49. The van der Waals surface area contributed by atoms with Crippen LogP contribution in [0.5, 0.6) is 0 Å². The van der Waals surface area contributed by atoms with Crippen molar-refractivity contribution in [1.29, 1.82) is 0 Å². The molecule has 2 unspecified atom stereocenters. The van der Waals surface area contributed by atoms with Crippen LogP contribution in [0.25, 0.3) is 11.2 Å². The second-order valence-corrected chi connectivity index (χ2v) is 17.3. The number of imidazole rings is 1. The lowest BCUT2D eigenvalue weighted by Crippen LogP contribution is -2.47. The maximum absolute atomic E-state index is 13.6. The molecule has 2 saturated heterocycles. The van der Waals surface area contributed by atoms with Gasteiger partial charge in [-0.1, -0.05) is 27.7 Å². The normalized spacial score (nSPS) is 25.5. The quantitative estimate of drug-likeness (QED) is 0.0354. The number of fused-ring (bicyclic) bond motifs is 1. The molecule has 5 rings (SSSR count). The summed E-state index contributed by atoms with van der Waals surface area (Å²) in [5, 5.41) is 14.1. The van der Waals surface area contributed by atoms with Crippen LogP contribution < -0.4 is 22.5 Å². The largest absolute Gasteiger partial charge is 0.472 e. The number of phosphoric ester groups is 2. The number of aliphatic hydroxyl groups excluding tert-OH is 1. The molecule has 56 heavy (non-hydrogen) atoms. The minimum atomic E-state index is -5.19. The number of ether oxygens (including phenoxy) is 3. The summed E-state index contributed by atoms with van der Waals surface area (Å²) in [6, 6.07) is 0.0970. The van der Waals surface area contributed by atoms with Crippen molar-refractivity contribution in [2.75, 3.05) is 36.7 Å². The maximum Gasteiger partial charge on any atom is 0.472 e. The second kappa shape index (κ2) is 18.8. The number of amides is 1. The highest BCUT2D eigenvalue weighted by Crippen LogP contribution is 2.50. The Balaban J connectivity index is 1.36. The molecule has 2 aliphatic rings. The SMILES string of the molecule is C=CCCC(=O)NC(CSSC)C(=O)O[C@H]1[C@@H](O)[C@H](n2cnc3c(N)ncnc32)O[C@@H]1COP(=O)(O)O[C@H]1C[C@H](n2ccc(N)nc2=O)O[C@@H]1COP(=O)(O)O. The molecule has 1 amide bonds. The number of nitrogens with one attached hydrogen (secondary N) is 1. The Morgan fingerprint density at radius 1 is 1.14 bits per heavy atom. The Bertz CT molecular complexity index is 2040. The molecule has 2 fully saturated rings. The highest BCUT2D eigenvalue weighted by molar-refractivity contribution is 8.76. The van der Waals surface area contributed by atoms with Crippen LogP contribution in [0.3, 0.4) is 0 Å². The summed E-state index contributed by atoms with van der Waals surface area (Å²) in [6.07, 6.45) is -3.27. The van der Waals surface area contributed by atoms with E-state index < -0.39 is 95.4 Å². The zero-order chi connectivity index (χ0) is 40.8. The van der Waals surface area contributed by atoms with Gasteiger partial charge in [0, 0.05) is 24.8 Å². The van der Waals surface area contributed by atoms with Gasteiger partial charge in [0.2, 0.25) is 5.91 Å². The van der Waals surface area contributed by atoms with Crippen molar-refractivity contribution in [1.82, 2.24) is 34.4 Å². The van der Waals surface area contributed by atoms with Crippen molar-refractivity contribution in [3.63, 3.8) is 0 Å². The summed E-state index contributed by atoms with van der Waals surface area (Å²) >= 11 is 0. The van der Waals surface area contributed by atoms with E-state index in [2.05, 4.69) is 36.4 Å². The molecule has 2 aliphatic heterocycles. The van der Waals surface area contributed by atoms with Gasteiger partial charge in [0.05, 0.1) is 19.5 Å². The van der Waals surface area contributed by atoms with Gasteiger partial charge in [0.25, 0.3) is 0 Å². The molecule has 0 spiro atoms. The van der Waals surface area contributed by atoms with Crippen LogP contribution >= 0.6 is 37.2 Å². The average Bonchev–Trinajstić information content (AvgIpc) is 3.82. The molecule has 28 heteroatoms. The first-order chi connectivity index (χ1) is 26.5. The summed E-state index contributed by atoms with van der Waals surface area (Å²) in [5.74, 6) is -1.43. The molecule has 3 aromatic heterocycles. The van der Waals surface area contributed by atoms with Gasteiger partial charge in [0.15, 0.2) is 23.8 Å². The number of rotatable bonds is 19. The molecule has 0 aromatic carbocycles. The smallest absolute Gasteiger partial charge is 0.455 e. The van der Waals surface area contributed by atoms with E-state index in [1.807, 2.05) is 0 Å². The maximum atomic E-state index is 13.6. The number of hydrogen-bond acceptors (Lipinski definition) is 20. The fraction of sp³-hybridized carbons (Fsp3) is 0.536. The predicted octanol–water partition coefficient (Wildman–Crippen LogP) is -0.221. The molecule has 24 nitrogen and oxygen atoms in total. The first-order valence-corrected chi connectivity index (χ1v) is 22.1. The number of hydrogen-bond donors (Lipinski definition) is 7. The zero-order valence-corrected chi connectivity index (χ0v) is 32.7. The fourth-order valence-corrected chi connectivity index (χ4v) is 8.23. The summed E-state index contributed by atoms with van der Waals surface area (Å²) in [4.78, 5) is 83.7. The monoisotopic (exact) mass is 867 g/mol. The van der Waals surface area contributed by atoms with E-state index in [9.17, 15) is 43.3 Å². The van der Waals surface area contributed by atoms with Crippen molar-refractivity contribution < 1.29 is 66.3 Å². The lowest BCUT2D eigenvalue weighted by Gasteiger charge is -2.25. The number of esters is 1. The van der Waals surface area contributed by atoms with Gasteiger partial charge < -0.3 is 50.8 Å². The number of nitrogen functional groups attached to an aromatic ring is 2. The highest BCUT2D eigenvalue weighted by atomic mass is 33.1. The second-order valence-electron chi connectivity index (χ2n) is 12.0. The van der Waals surface area contributed by atoms with Gasteiger partial charge in [-0.05, 0) is 18.7 Å². The van der Waals surface area contributed by atoms with Crippen molar-refractivity contribution in [2.24, 2.45) is 0 Å². The Morgan fingerprint density at radius 2 is 1.89 bits per heavy atom.